The van der Waals surface area contributed by atoms with Gasteiger partial charge in [-0.2, -0.15) is 0 Å². The molecule has 1 N–H and O–H groups in total. The largest absolute Gasteiger partial charge is 0.545 e. The summed E-state index contributed by atoms with van der Waals surface area (Å²) in [7, 11) is 1.30. The molecule has 1 aliphatic rings. The van der Waals surface area contributed by atoms with Gasteiger partial charge in [-0.25, -0.2) is 4.79 Å². The topological polar surface area (TPSA) is 95.5 Å². The first-order valence-corrected chi connectivity index (χ1v) is 8.27. The third-order valence-electron chi connectivity index (χ3n) is 3.67. The van der Waals surface area contributed by atoms with Crippen LogP contribution in [-0.4, -0.2) is 25.0 Å². The zero-order valence-electron chi connectivity index (χ0n) is 12.8. The Morgan fingerprint density at radius 3 is 2.48 bits per heavy atom. The molecule has 124 valence electrons. The number of ether oxygens (including phenoxy) is 1. The molecule has 0 saturated carbocycles. The van der Waals surface area contributed by atoms with E-state index in [1.807, 2.05) is 0 Å². The Morgan fingerprint density at radius 1 is 1.13 bits per heavy atom. The minimum absolute atomic E-state index is 0.393. The van der Waals surface area contributed by atoms with E-state index >= 15 is 0 Å². The molecule has 7 heteroatoms. The Hall–Kier alpha value is -2.15. The van der Waals surface area contributed by atoms with Crippen molar-refractivity contribution >= 4 is 34.2 Å². The first kappa shape index (κ1) is 17.2. The molecule has 0 aliphatic heterocycles. The van der Waals surface area contributed by atoms with E-state index < -0.39 is 17.8 Å². The highest BCUT2D eigenvalue weighted by molar-refractivity contribution is 7.17. The van der Waals surface area contributed by atoms with Crippen LogP contribution in [0.25, 0.3) is 0 Å². The van der Waals surface area contributed by atoms with Gasteiger partial charge in [0, 0.05) is 11.0 Å². The lowest BCUT2D eigenvalue weighted by Gasteiger charge is -2.10. The maximum atomic E-state index is 12.1. The number of anilines is 1. The van der Waals surface area contributed by atoms with E-state index in [2.05, 4.69) is 5.32 Å². The number of carbonyl (C=O) groups is 3. The molecule has 1 heterocycles. The van der Waals surface area contributed by atoms with Crippen LogP contribution in [-0.2, 0) is 27.2 Å². The highest BCUT2D eigenvalue weighted by Crippen LogP contribution is 2.37. The minimum Gasteiger partial charge on any atom is -0.545 e. The standard InChI is InChI=1S/C16H19NO5S/c1-22-16(21)14-10-6-4-2-3-5-7-11(10)23-15(14)17-12(18)8-9-13(19)20/h8-9H,2-7H2,1H3,(H,17,18)(H,19,20)/p-1/b9-8+. The van der Waals surface area contributed by atoms with Crippen LogP contribution < -0.4 is 10.4 Å². The van der Waals surface area contributed by atoms with Gasteiger partial charge in [-0.3, -0.25) is 4.79 Å². The smallest absolute Gasteiger partial charge is 0.341 e. The monoisotopic (exact) mass is 336 g/mol. The van der Waals surface area contributed by atoms with Crippen molar-refractivity contribution in [3.8, 4) is 0 Å². The predicted molar refractivity (Wildman–Crippen MR) is 84.3 cm³/mol. The van der Waals surface area contributed by atoms with Crippen molar-refractivity contribution in [3.05, 3.63) is 28.2 Å². The molecular formula is C16H18NO5S-. The SMILES string of the molecule is COC(=O)c1c(NC(=O)/C=C/C(=O)[O-])sc2c1CCCCCC2. The molecule has 6 nitrogen and oxygen atoms in total. The van der Waals surface area contributed by atoms with Gasteiger partial charge in [0.05, 0.1) is 18.6 Å². The predicted octanol–water partition coefficient (Wildman–Crippen LogP) is 1.44. The van der Waals surface area contributed by atoms with E-state index in [0.29, 0.717) is 16.6 Å². The highest BCUT2D eigenvalue weighted by Gasteiger charge is 2.25. The normalized spacial score (nSPS) is 14.7. The Bertz CT molecular complexity index is 647. The first-order valence-electron chi connectivity index (χ1n) is 7.45. The van der Waals surface area contributed by atoms with E-state index in [9.17, 15) is 19.5 Å². The van der Waals surface area contributed by atoms with Crippen molar-refractivity contribution in [2.45, 2.75) is 38.5 Å². The lowest BCUT2D eigenvalue weighted by atomic mass is 9.96. The number of methoxy groups -OCH3 is 1. The summed E-state index contributed by atoms with van der Waals surface area (Å²) in [6, 6.07) is 0. The zero-order chi connectivity index (χ0) is 16.8. The molecule has 0 atom stereocenters. The molecule has 0 saturated heterocycles. The van der Waals surface area contributed by atoms with Crippen molar-refractivity contribution < 1.29 is 24.2 Å². The van der Waals surface area contributed by atoms with Crippen LogP contribution in [0.4, 0.5) is 5.00 Å². The maximum absolute atomic E-state index is 12.1. The molecular weight excluding hydrogens is 318 g/mol. The number of hydrogen-bond donors (Lipinski definition) is 1. The number of aryl methyl sites for hydroxylation is 1. The molecule has 1 aromatic heterocycles. The van der Waals surface area contributed by atoms with Crippen LogP contribution in [0.3, 0.4) is 0 Å². The number of aliphatic carboxylic acids is 1. The van der Waals surface area contributed by atoms with Crippen LogP contribution in [0.2, 0.25) is 0 Å². The first-order chi connectivity index (χ1) is 11.0. The van der Waals surface area contributed by atoms with Gasteiger partial charge in [0.15, 0.2) is 0 Å². The fourth-order valence-corrected chi connectivity index (χ4v) is 3.90. The second-order valence-electron chi connectivity index (χ2n) is 5.26. The fraction of sp³-hybridized carbons (Fsp3) is 0.438. The molecule has 0 bridgehead atoms. The summed E-state index contributed by atoms with van der Waals surface area (Å²) in [5.41, 5.74) is 1.34. The minimum atomic E-state index is -1.45. The van der Waals surface area contributed by atoms with Gasteiger partial charge in [-0.15, -0.1) is 11.3 Å². The van der Waals surface area contributed by atoms with Crippen LogP contribution in [0.15, 0.2) is 12.2 Å². The maximum Gasteiger partial charge on any atom is 0.341 e. The molecule has 1 aromatic rings. The number of nitrogens with one attached hydrogen (secondary N) is 1. The van der Waals surface area contributed by atoms with Crippen molar-refractivity contribution in [2.75, 3.05) is 12.4 Å². The number of fused-ring (bicyclic) bond motifs is 1. The summed E-state index contributed by atoms with van der Waals surface area (Å²) in [4.78, 5) is 35.4. The van der Waals surface area contributed by atoms with E-state index in [1.165, 1.54) is 18.4 Å². The van der Waals surface area contributed by atoms with E-state index in [4.69, 9.17) is 4.74 Å². The molecule has 2 rings (SSSR count). The van der Waals surface area contributed by atoms with E-state index in [0.717, 1.165) is 55.0 Å². The molecule has 23 heavy (non-hydrogen) atoms. The summed E-state index contributed by atoms with van der Waals surface area (Å²) in [5.74, 6) is -2.55. The summed E-state index contributed by atoms with van der Waals surface area (Å²) in [6.45, 7) is 0. The number of carbonyl (C=O) groups excluding carboxylic acids is 3. The summed E-state index contributed by atoms with van der Waals surface area (Å²) >= 11 is 1.36. The van der Waals surface area contributed by atoms with Crippen molar-refractivity contribution in [1.82, 2.24) is 0 Å². The Morgan fingerprint density at radius 2 is 1.83 bits per heavy atom. The number of amides is 1. The molecule has 0 spiro atoms. The van der Waals surface area contributed by atoms with E-state index in [-0.39, 0.29) is 0 Å². The van der Waals surface area contributed by atoms with Crippen molar-refractivity contribution in [3.63, 3.8) is 0 Å². The number of thiophene rings is 1. The van der Waals surface area contributed by atoms with Crippen LogP contribution in [0, 0.1) is 0 Å². The second kappa shape index (κ2) is 7.92. The van der Waals surface area contributed by atoms with Crippen LogP contribution >= 0.6 is 11.3 Å². The number of esters is 1. The van der Waals surface area contributed by atoms with Crippen molar-refractivity contribution in [2.24, 2.45) is 0 Å². The van der Waals surface area contributed by atoms with Gasteiger partial charge in [0.25, 0.3) is 0 Å². The van der Waals surface area contributed by atoms with Gasteiger partial charge in [0.1, 0.15) is 5.00 Å². The average Bonchev–Trinajstić information content (AvgIpc) is 2.81. The van der Waals surface area contributed by atoms with Gasteiger partial charge >= 0.3 is 5.97 Å². The van der Waals surface area contributed by atoms with E-state index in [1.54, 1.807) is 0 Å². The molecule has 0 unspecified atom stereocenters. The summed E-state index contributed by atoms with van der Waals surface area (Å²) in [6.07, 6.45) is 7.48. The average molecular weight is 336 g/mol. The summed E-state index contributed by atoms with van der Waals surface area (Å²) in [5, 5.41) is 13.4. The van der Waals surface area contributed by atoms with Crippen molar-refractivity contribution in [1.29, 1.82) is 0 Å². The Balaban J connectivity index is 2.33. The number of rotatable bonds is 4. The third-order valence-corrected chi connectivity index (χ3v) is 4.88. The summed E-state index contributed by atoms with van der Waals surface area (Å²) < 4.78 is 4.85. The Labute approximate surface area is 138 Å². The molecule has 1 amide bonds. The van der Waals surface area contributed by atoms with Gasteiger partial charge in [-0.1, -0.05) is 12.8 Å². The van der Waals surface area contributed by atoms with Gasteiger partial charge in [0.2, 0.25) is 5.91 Å². The van der Waals surface area contributed by atoms with Gasteiger partial charge in [-0.05, 0) is 37.3 Å². The highest BCUT2D eigenvalue weighted by atomic mass is 32.1. The Kier molecular flexibility index (Phi) is 5.92. The lowest BCUT2D eigenvalue weighted by molar-refractivity contribution is -0.297. The third kappa shape index (κ3) is 4.41. The molecule has 0 fully saturated rings. The number of carboxylic acid groups (broad SMARTS) is 1. The molecule has 0 radical (unpaired) electrons. The molecule has 0 aromatic carbocycles. The quantitative estimate of drug-likeness (QED) is 0.663. The number of hydrogen-bond acceptors (Lipinski definition) is 6. The second-order valence-corrected chi connectivity index (χ2v) is 6.36. The van der Waals surface area contributed by atoms with Gasteiger partial charge < -0.3 is 20.0 Å². The van der Waals surface area contributed by atoms with Crippen LogP contribution in [0.5, 0.6) is 0 Å². The fourth-order valence-electron chi connectivity index (χ4n) is 2.62. The number of carboxylic acids is 1. The lowest BCUT2D eigenvalue weighted by Crippen LogP contribution is -2.20. The van der Waals surface area contributed by atoms with Crippen LogP contribution in [0.1, 0.15) is 46.5 Å². The molecule has 1 aliphatic carbocycles. The zero-order valence-corrected chi connectivity index (χ0v) is 13.7.